The van der Waals surface area contributed by atoms with Crippen LogP contribution in [-0.2, 0) is 12.8 Å². The number of nitrogens with one attached hydrogen (secondary N) is 1. The Morgan fingerprint density at radius 1 is 1.22 bits per heavy atom. The third-order valence-electron chi connectivity index (χ3n) is 5.17. The second-order valence-electron chi connectivity index (χ2n) is 6.63. The molecule has 2 aromatic heterocycles. The summed E-state index contributed by atoms with van der Waals surface area (Å²) < 4.78 is 1.59. The van der Waals surface area contributed by atoms with Crippen LogP contribution in [0.4, 0.5) is 0 Å². The van der Waals surface area contributed by atoms with Gasteiger partial charge in [-0.3, -0.25) is 14.8 Å². The van der Waals surface area contributed by atoms with E-state index in [1.807, 2.05) is 18.2 Å². The number of rotatable bonds is 2. The molecule has 1 aliphatic heterocycles. The first kappa shape index (κ1) is 14.7. The van der Waals surface area contributed by atoms with E-state index in [0.717, 1.165) is 56.7 Å². The number of likely N-dealkylation sites (N-methyl/N-ethyl adjacent to an activating group) is 1. The highest BCUT2D eigenvalue weighted by Crippen LogP contribution is 2.22. The van der Waals surface area contributed by atoms with E-state index in [2.05, 4.69) is 26.9 Å². The van der Waals surface area contributed by atoms with Gasteiger partial charge in [0.05, 0.1) is 0 Å². The van der Waals surface area contributed by atoms with Crippen LogP contribution >= 0.6 is 0 Å². The summed E-state index contributed by atoms with van der Waals surface area (Å²) in [5.41, 5.74) is 2.11. The largest absolute Gasteiger partial charge is 0.304 e. The third kappa shape index (κ3) is 2.72. The van der Waals surface area contributed by atoms with Crippen LogP contribution in [0.25, 0.3) is 5.82 Å². The fourth-order valence-corrected chi connectivity index (χ4v) is 3.73. The fraction of sp³-hybridized carbons (Fsp3) is 0.529. The molecule has 23 heavy (non-hydrogen) atoms. The number of nitrogens with zero attached hydrogens (tertiary/aromatic N) is 4. The van der Waals surface area contributed by atoms with Gasteiger partial charge in [-0.25, -0.2) is 9.67 Å². The molecule has 1 unspecified atom stereocenters. The first-order valence-electron chi connectivity index (χ1n) is 8.39. The Morgan fingerprint density at radius 3 is 2.78 bits per heavy atom. The number of aromatic nitrogens is 3. The van der Waals surface area contributed by atoms with Crippen molar-refractivity contribution in [3.63, 3.8) is 0 Å². The maximum absolute atomic E-state index is 12.8. The zero-order valence-electron chi connectivity index (χ0n) is 13.5. The maximum atomic E-state index is 12.8. The molecule has 0 saturated carbocycles. The van der Waals surface area contributed by atoms with Crippen LogP contribution in [0.15, 0.2) is 29.2 Å². The number of hydrogen-bond acceptors (Lipinski definition) is 4. The number of aromatic amines is 1. The minimum Gasteiger partial charge on any atom is -0.304 e. The average Bonchev–Trinajstić information content (AvgIpc) is 2.93. The van der Waals surface area contributed by atoms with Crippen LogP contribution in [0.1, 0.15) is 17.7 Å². The molecule has 0 radical (unpaired) electrons. The summed E-state index contributed by atoms with van der Waals surface area (Å²) in [4.78, 5) is 22.0. The molecule has 2 aliphatic rings. The van der Waals surface area contributed by atoms with Gasteiger partial charge in [0.25, 0.3) is 5.56 Å². The molecule has 1 atom stereocenters. The molecule has 0 amide bonds. The summed E-state index contributed by atoms with van der Waals surface area (Å²) in [6.07, 6.45) is 4.64. The summed E-state index contributed by atoms with van der Waals surface area (Å²) in [6.45, 7) is 4.45. The van der Waals surface area contributed by atoms with E-state index in [-0.39, 0.29) is 5.56 Å². The van der Waals surface area contributed by atoms with Crippen molar-refractivity contribution < 1.29 is 0 Å². The van der Waals surface area contributed by atoms with Gasteiger partial charge in [0.1, 0.15) is 0 Å². The van der Waals surface area contributed by atoms with Crippen molar-refractivity contribution in [2.24, 2.45) is 0 Å². The van der Waals surface area contributed by atoms with Gasteiger partial charge in [0.15, 0.2) is 5.82 Å². The molecule has 1 fully saturated rings. The quantitative estimate of drug-likeness (QED) is 0.885. The van der Waals surface area contributed by atoms with E-state index >= 15 is 0 Å². The highest BCUT2D eigenvalue weighted by Gasteiger charge is 2.29. The van der Waals surface area contributed by atoms with E-state index in [1.165, 1.54) is 0 Å². The number of piperazine rings is 1. The van der Waals surface area contributed by atoms with Gasteiger partial charge < -0.3 is 4.90 Å². The van der Waals surface area contributed by atoms with E-state index in [4.69, 9.17) is 0 Å². The Kier molecular flexibility index (Phi) is 3.79. The lowest BCUT2D eigenvalue weighted by atomic mass is 9.92. The first-order chi connectivity index (χ1) is 11.2. The molecular formula is C17H23N5O. The fourth-order valence-electron chi connectivity index (χ4n) is 3.73. The van der Waals surface area contributed by atoms with Gasteiger partial charge in [-0.1, -0.05) is 6.07 Å². The molecule has 1 saturated heterocycles. The highest BCUT2D eigenvalue weighted by atomic mass is 16.1. The first-order valence-corrected chi connectivity index (χ1v) is 8.39. The van der Waals surface area contributed by atoms with Gasteiger partial charge >= 0.3 is 0 Å². The van der Waals surface area contributed by atoms with Crippen LogP contribution in [-0.4, -0.2) is 63.8 Å². The van der Waals surface area contributed by atoms with Crippen LogP contribution in [0.5, 0.6) is 0 Å². The zero-order valence-corrected chi connectivity index (χ0v) is 13.5. The molecular weight excluding hydrogens is 290 g/mol. The number of hydrogen-bond donors (Lipinski definition) is 1. The van der Waals surface area contributed by atoms with Crippen LogP contribution in [0, 0.1) is 0 Å². The van der Waals surface area contributed by atoms with E-state index < -0.39 is 0 Å². The predicted octanol–water partition coefficient (Wildman–Crippen LogP) is 0.665. The lowest BCUT2D eigenvalue weighted by Gasteiger charge is -2.39. The van der Waals surface area contributed by atoms with Crippen LogP contribution in [0.2, 0.25) is 0 Å². The highest BCUT2D eigenvalue weighted by molar-refractivity contribution is 5.28. The average molecular weight is 313 g/mol. The second kappa shape index (κ2) is 5.94. The monoisotopic (exact) mass is 313 g/mol. The van der Waals surface area contributed by atoms with Gasteiger partial charge in [-0.2, -0.15) is 0 Å². The summed E-state index contributed by atoms with van der Waals surface area (Å²) in [5.74, 6) is 0.669. The van der Waals surface area contributed by atoms with Gasteiger partial charge in [0, 0.05) is 49.7 Å². The van der Waals surface area contributed by atoms with Crippen molar-refractivity contribution in [1.29, 1.82) is 0 Å². The van der Waals surface area contributed by atoms with Crippen LogP contribution in [0.3, 0.4) is 0 Å². The third-order valence-corrected chi connectivity index (χ3v) is 5.17. The standard InChI is InChI=1S/C17H23N5O/c1-20-8-10-21(11-9-20)13-5-6-15-14(12-13)17(23)22(19-15)16-4-2-3-7-18-16/h2-4,7,13,19H,5-6,8-12H2,1H3. The molecule has 6 nitrogen and oxygen atoms in total. The molecule has 0 aromatic carbocycles. The zero-order chi connectivity index (χ0) is 15.8. The van der Waals surface area contributed by atoms with Crippen LogP contribution < -0.4 is 5.56 Å². The topological polar surface area (TPSA) is 57.2 Å². The van der Waals surface area contributed by atoms with Crippen molar-refractivity contribution in [2.75, 3.05) is 33.2 Å². The number of pyridine rings is 1. The minimum absolute atomic E-state index is 0.0672. The predicted molar refractivity (Wildman–Crippen MR) is 89.1 cm³/mol. The maximum Gasteiger partial charge on any atom is 0.276 e. The normalized spacial score (nSPS) is 22.9. The van der Waals surface area contributed by atoms with Crippen molar-refractivity contribution >= 4 is 0 Å². The van der Waals surface area contributed by atoms with Crippen molar-refractivity contribution in [3.8, 4) is 5.82 Å². The smallest absolute Gasteiger partial charge is 0.276 e. The Balaban J connectivity index is 1.58. The van der Waals surface area contributed by atoms with E-state index in [9.17, 15) is 4.79 Å². The minimum atomic E-state index is 0.0672. The molecule has 6 heteroatoms. The Bertz CT molecular complexity index is 727. The van der Waals surface area contributed by atoms with E-state index in [0.29, 0.717) is 11.9 Å². The SMILES string of the molecule is CN1CCN(C2CCc3[nH]n(-c4ccccn4)c(=O)c3C2)CC1. The molecule has 1 aliphatic carbocycles. The van der Waals surface area contributed by atoms with Crippen molar-refractivity contribution in [3.05, 3.63) is 46.0 Å². The molecule has 0 bridgehead atoms. The number of H-pyrrole nitrogens is 1. The summed E-state index contributed by atoms with van der Waals surface area (Å²) in [7, 11) is 2.17. The van der Waals surface area contributed by atoms with Crippen molar-refractivity contribution in [1.82, 2.24) is 24.6 Å². The number of aryl methyl sites for hydroxylation is 1. The van der Waals surface area contributed by atoms with Gasteiger partial charge in [-0.15, -0.1) is 0 Å². The molecule has 1 N–H and O–H groups in total. The molecule has 4 rings (SSSR count). The van der Waals surface area contributed by atoms with E-state index in [1.54, 1.807) is 10.9 Å². The number of fused-ring (bicyclic) bond motifs is 1. The lowest BCUT2D eigenvalue weighted by molar-refractivity contribution is 0.103. The molecule has 0 spiro atoms. The van der Waals surface area contributed by atoms with Gasteiger partial charge in [-0.05, 0) is 38.4 Å². The Labute approximate surface area is 135 Å². The molecule has 122 valence electrons. The molecule has 2 aromatic rings. The Morgan fingerprint density at radius 2 is 2.04 bits per heavy atom. The summed E-state index contributed by atoms with van der Waals surface area (Å²) in [5, 5.41) is 3.26. The summed E-state index contributed by atoms with van der Waals surface area (Å²) >= 11 is 0. The second-order valence-corrected chi connectivity index (χ2v) is 6.63. The molecule has 3 heterocycles. The lowest BCUT2D eigenvalue weighted by Crippen LogP contribution is -2.50. The van der Waals surface area contributed by atoms with Crippen molar-refractivity contribution in [2.45, 2.75) is 25.3 Å². The Hall–Kier alpha value is -1.92. The van der Waals surface area contributed by atoms with Gasteiger partial charge in [0.2, 0.25) is 0 Å². The summed E-state index contributed by atoms with van der Waals surface area (Å²) in [6, 6.07) is 6.13.